The highest BCUT2D eigenvalue weighted by atomic mass is 32.2. The molecule has 2 heterocycles. The zero-order valence-corrected chi connectivity index (χ0v) is 15.7. The van der Waals surface area contributed by atoms with Gasteiger partial charge in [0.05, 0.1) is 26.5 Å². The highest BCUT2D eigenvalue weighted by Crippen LogP contribution is 2.26. The number of hydrogen-bond acceptors (Lipinski definition) is 6. The molecule has 0 saturated carbocycles. The van der Waals surface area contributed by atoms with Crippen LogP contribution in [-0.4, -0.2) is 21.6 Å². The summed E-state index contributed by atoms with van der Waals surface area (Å²) in [6.07, 6.45) is 0. The minimum atomic E-state index is -0.138. The predicted octanol–water partition coefficient (Wildman–Crippen LogP) is 4.22. The first-order chi connectivity index (χ1) is 12.0. The highest BCUT2D eigenvalue weighted by Gasteiger charge is 2.12. The number of rotatable bonds is 4. The number of carbonyl (C=O) groups is 1. The van der Waals surface area contributed by atoms with Crippen molar-refractivity contribution in [3.63, 3.8) is 0 Å². The van der Waals surface area contributed by atoms with Gasteiger partial charge in [0.25, 0.3) is 0 Å². The number of thiazole rings is 1. The number of amides is 1. The van der Waals surface area contributed by atoms with Crippen molar-refractivity contribution in [1.29, 1.82) is 5.26 Å². The first-order valence-corrected chi connectivity index (χ1v) is 9.44. The van der Waals surface area contributed by atoms with Crippen LogP contribution in [0.3, 0.4) is 0 Å². The van der Waals surface area contributed by atoms with Crippen molar-refractivity contribution in [3.8, 4) is 6.07 Å². The van der Waals surface area contributed by atoms with Gasteiger partial charge in [-0.2, -0.15) is 5.26 Å². The molecule has 1 N–H and O–H groups in total. The number of aromatic nitrogens is 2. The molecular formula is C18H16N4OS2. The van der Waals surface area contributed by atoms with Gasteiger partial charge in [-0.1, -0.05) is 11.8 Å². The lowest BCUT2D eigenvalue weighted by molar-refractivity contribution is -0.113. The largest absolute Gasteiger partial charge is 0.325 e. The molecule has 0 aliphatic heterocycles. The Morgan fingerprint density at radius 1 is 1.28 bits per heavy atom. The second-order valence-corrected chi connectivity index (χ2v) is 7.82. The van der Waals surface area contributed by atoms with E-state index in [2.05, 4.69) is 21.4 Å². The SMILES string of the molecule is Cc1cc(C)c(C#N)c(SCC(=O)Nc2ccc3sc(C)nc3c2)n1. The van der Waals surface area contributed by atoms with E-state index in [9.17, 15) is 10.1 Å². The van der Waals surface area contributed by atoms with Crippen molar-refractivity contribution in [2.45, 2.75) is 25.8 Å². The molecule has 0 fully saturated rings. The Morgan fingerprint density at radius 2 is 2.08 bits per heavy atom. The summed E-state index contributed by atoms with van der Waals surface area (Å²) in [6.45, 7) is 5.72. The minimum absolute atomic E-state index is 0.138. The number of aryl methyl sites for hydroxylation is 3. The number of nitrogens with one attached hydrogen (secondary N) is 1. The molecule has 0 aliphatic carbocycles. The Bertz CT molecular complexity index is 1000. The maximum absolute atomic E-state index is 12.2. The number of anilines is 1. The van der Waals surface area contributed by atoms with Crippen LogP contribution in [0.4, 0.5) is 5.69 Å². The van der Waals surface area contributed by atoms with E-state index in [-0.39, 0.29) is 11.7 Å². The molecular weight excluding hydrogens is 352 g/mol. The number of fused-ring (bicyclic) bond motifs is 1. The van der Waals surface area contributed by atoms with Gasteiger partial charge in [0.2, 0.25) is 5.91 Å². The smallest absolute Gasteiger partial charge is 0.234 e. The summed E-state index contributed by atoms with van der Waals surface area (Å²) in [4.78, 5) is 21.0. The fourth-order valence-electron chi connectivity index (χ4n) is 2.49. The van der Waals surface area contributed by atoms with Crippen molar-refractivity contribution < 1.29 is 4.79 Å². The van der Waals surface area contributed by atoms with Crippen LogP contribution in [0, 0.1) is 32.1 Å². The van der Waals surface area contributed by atoms with Crippen molar-refractivity contribution >= 4 is 44.9 Å². The summed E-state index contributed by atoms with van der Waals surface area (Å²) < 4.78 is 1.10. The van der Waals surface area contributed by atoms with Crippen molar-refractivity contribution in [1.82, 2.24) is 9.97 Å². The van der Waals surface area contributed by atoms with Gasteiger partial charge in [-0.15, -0.1) is 11.3 Å². The van der Waals surface area contributed by atoms with Crippen molar-refractivity contribution in [2.24, 2.45) is 0 Å². The van der Waals surface area contributed by atoms with Gasteiger partial charge in [0.15, 0.2) is 0 Å². The number of thioether (sulfide) groups is 1. The van der Waals surface area contributed by atoms with Crippen LogP contribution < -0.4 is 5.32 Å². The first-order valence-electron chi connectivity index (χ1n) is 7.64. The molecule has 0 bridgehead atoms. The Morgan fingerprint density at radius 3 is 2.84 bits per heavy atom. The second kappa shape index (κ2) is 7.21. The van der Waals surface area contributed by atoms with Crippen LogP contribution in [0.25, 0.3) is 10.2 Å². The Hall–Kier alpha value is -2.43. The standard InChI is InChI=1S/C18H16N4OS2/c1-10-6-11(2)20-18(14(10)8-19)24-9-17(23)22-13-4-5-16-15(7-13)21-12(3)25-16/h4-7H,9H2,1-3H3,(H,22,23). The van der Waals surface area contributed by atoms with E-state index < -0.39 is 0 Å². The van der Waals surface area contributed by atoms with E-state index >= 15 is 0 Å². The predicted molar refractivity (Wildman–Crippen MR) is 102 cm³/mol. The van der Waals surface area contributed by atoms with E-state index in [1.165, 1.54) is 11.8 Å². The van der Waals surface area contributed by atoms with E-state index in [4.69, 9.17) is 0 Å². The number of pyridine rings is 1. The Labute approximate surface area is 154 Å². The molecule has 0 saturated heterocycles. The van der Waals surface area contributed by atoms with Crippen LogP contribution >= 0.6 is 23.1 Å². The summed E-state index contributed by atoms with van der Waals surface area (Å²) in [5.74, 6) is 0.0553. The lowest BCUT2D eigenvalue weighted by Crippen LogP contribution is -2.14. The van der Waals surface area contributed by atoms with E-state index in [1.807, 2.05) is 45.0 Å². The van der Waals surface area contributed by atoms with Gasteiger partial charge in [-0.25, -0.2) is 9.97 Å². The van der Waals surface area contributed by atoms with E-state index in [0.717, 1.165) is 32.2 Å². The average Bonchev–Trinajstić information content (AvgIpc) is 2.91. The summed E-state index contributed by atoms with van der Waals surface area (Å²) in [6, 6.07) is 9.74. The van der Waals surface area contributed by atoms with Crippen LogP contribution in [0.2, 0.25) is 0 Å². The van der Waals surface area contributed by atoms with Crippen LogP contribution in [0.5, 0.6) is 0 Å². The molecule has 5 nitrogen and oxygen atoms in total. The molecule has 0 aliphatic rings. The molecule has 0 radical (unpaired) electrons. The maximum Gasteiger partial charge on any atom is 0.234 e. The quantitative estimate of drug-likeness (QED) is 0.698. The van der Waals surface area contributed by atoms with Gasteiger partial charge in [-0.3, -0.25) is 4.79 Å². The molecule has 3 aromatic rings. The zero-order valence-electron chi connectivity index (χ0n) is 14.1. The van der Waals surface area contributed by atoms with Crippen LogP contribution in [0.1, 0.15) is 21.8 Å². The van der Waals surface area contributed by atoms with Crippen LogP contribution in [0.15, 0.2) is 29.3 Å². The summed E-state index contributed by atoms with van der Waals surface area (Å²) >= 11 is 2.90. The zero-order chi connectivity index (χ0) is 18.0. The Balaban J connectivity index is 1.69. The number of nitrogens with zero attached hydrogens (tertiary/aromatic N) is 3. The molecule has 25 heavy (non-hydrogen) atoms. The second-order valence-electron chi connectivity index (χ2n) is 5.62. The van der Waals surface area contributed by atoms with Crippen molar-refractivity contribution in [2.75, 3.05) is 11.1 Å². The van der Waals surface area contributed by atoms with Crippen molar-refractivity contribution in [3.05, 3.63) is 46.1 Å². The molecule has 1 aromatic carbocycles. The first kappa shape index (κ1) is 17.4. The third kappa shape index (κ3) is 3.98. The molecule has 0 unspecified atom stereocenters. The topological polar surface area (TPSA) is 78.7 Å². The lowest BCUT2D eigenvalue weighted by atomic mass is 10.1. The van der Waals surface area contributed by atoms with E-state index in [0.29, 0.717) is 10.6 Å². The number of benzene rings is 1. The Kier molecular flexibility index (Phi) is 5.02. The molecule has 3 rings (SSSR count). The number of carbonyl (C=O) groups excluding carboxylic acids is 1. The van der Waals surface area contributed by atoms with Gasteiger partial charge in [-0.05, 0) is 50.6 Å². The third-order valence-electron chi connectivity index (χ3n) is 3.54. The minimum Gasteiger partial charge on any atom is -0.325 e. The molecule has 2 aromatic heterocycles. The molecule has 7 heteroatoms. The van der Waals surface area contributed by atoms with Gasteiger partial charge >= 0.3 is 0 Å². The molecule has 1 amide bonds. The maximum atomic E-state index is 12.2. The molecule has 0 atom stereocenters. The summed E-state index contributed by atoms with van der Waals surface area (Å²) in [7, 11) is 0. The summed E-state index contributed by atoms with van der Waals surface area (Å²) in [5, 5.41) is 13.8. The van der Waals surface area contributed by atoms with E-state index in [1.54, 1.807) is 11.3 Å². The lowest BCUT2D eigenvalue weighted by Gasteiger charge is -2.08. The van der Waals surface area contributed by atoms with Crippen LogP contribution in [-0.2, 0) is 4.79 Å². The highest BCUT2D eigenvalue weighted by molar-refractivity contribution is 8.00. The van der Waals surface area contributed by atoms with Gasteiger partial charge < -0.3 is 5.32 Å². The van der Waals surface area contributed by atoms with Gasteiger partial charge in [0, 0.05) is 11.4 Å². The summed E-state index contributed by atoms with van der Waals surface area (Å²) in [5.41, 5.74) is 3.85. The normalized spacial score (nSPS) is 10.6. The number of hydrogen-bond donors (Lipinski definition) is 1. The fraction of sp³-hybridized carbons (Fsp3) is 0.222. The monoisotopic (exact) mass is 368 g/mol. The van der Waals surface area contributed by atoms with Gasteiger partial charge in [0.1, 0.15) is 11.1 Å². The third-order valence-corrected chi connectivity index (χ3v) is 5.47. The number of nitriles is 1. The average molecular weight is 368 g/mol. The fourth-order valence-corrected chi connectivity index (χ4v) is 4.20. The molecule has 126 valence electrons. The molecule has 0 spiro atoms.